The summed E-state index contributed by atoms with van der Waals surface area (Å²) in [6, 6.07) is 3.27. The zero-order chi connectivity index (χ0) is 9.97. The van der Waals surface area contributed by atoms with Crippen LogP contribution in [-0.2, 0) is 17.7 Å². The van der Waals surface area contributed by atoms with Crippen LogP contribution in [0.25, 0.3) is 0 Å². The second-order valence-electron chi connectivity index (χ2n) is 3.27. The van der Waals surface area contributed by atoms with Gasteiger partial charge in [0, 0.05) is 18.9 Å². The maximum absolute atomic E-state index is 13.4. The van der Waals surface area contributed by atoms with Gasteiger partial charge in [0.05, 0.1) is 13.2 Å². The van der Waals surface area contributed by atoms with Crippen molar-refractivity contribution in [2.24, 2.45) is 5.90 Å². The van der Waals surface area contributed by atoms with Gasteiger partial charge in [0.25, 0.3) is 0 Å². The van der Waals surface area contributed by atoms with E-state index in [1.54, 1.807) is 0 Å². The first kappa shape index (κ1) is 9.43. The van der Waals surface area contributed by atoms with Gasteiger partial charge in [-0.15, -0.1) is 0 Å². The molecule has 4 heteroatoms. The lowest BCUT2D eigenvalue weighted by atomic mass is 10.1. The van der Waals surface area contributed by atoms with Gasteiger partial charge in [-0.25, -0.2) is 10.3 Å². The minimum absolute atomic E-state index is 0.247. The molecule has 2 N–H and O–H groups in total. The third kappa shape index (κ3) is 1.71. The quantitative estimate of drug-likeness (QED) is 0.740. The normalized spacial score (nSPS) is 13.9. The highest BCUT2D eigenvalue weighted by molar-refractivity contribution is 5.40. The van der Waals surface area contributed by atoms with Crippen molar-refractivity contribution in [3.05, 3.63) is 29.1 Å². The van der Waals surface area contributed by atoms with Crippen LogP contribution < -0.4 is 10.6 Å². The molecule has 0 unspecified atom stereocenters. The SMILES string of the molecule is NOCCc1cc2c(cc1F)OCC2. The van der Waals surface area contributed by atoms with E-state index in [4.69, 9.17) is 10.6 Å². The van der Waals surface area contributed by atoms with Crippen LogP contribution in [0, 0.1) is 5.82 Å². The van der Waals surface area contributed by atoms with Crippen LogP contribution in [0.15, 0.2) is 12.1 Å². The zero-order valence-corrected chi connectivity index (χ0v) is 7.75. The second-order valence-corrected chi connectivity index (χ2v) is 3.27. The molecule has 1 aromatic carbocycles. The third-order valence-corrected chi connectivity index (χ3v) is 2.35. The fourth-order valence-corrected chi connectivity index (χ4v) is 1.61. The lowest BCUT2D eigenvalue weighted by Crippen LogP contribution is -2.05. The summed E-state index contributed by atoms with van der Waals surface area (Å²) in [4.78, 5) is 4.42. The van der Waals surface area contributed by atoms with Gasteiger partial charge in [-0.3, -0.25) is 0 Å². The first-order valence-corrected chi connectivity index (χ1v) is 4.57. The Kier molecular flexibility index (Phi) is 2.65. The Labute approximate surface area is 81.6 Å². The molecule has 1 aromatic rings. The molecule has 1 aliphatic heterocycles. The molecule has 2 rings (SSSR count). The number of halogens is 1. The van der Waals surface area contributed by atoms with Crippen molar-refractivity contribution in [2.45, 2.75) is 12.8 Å². The van der Waals surface area contributed by atoms with Gasteiger partial charge in [-0.05, 0) is 17.2 Å². The van der Waals surface area contributed by atoms with Gasteiger partial charge in [-0.2, -0.15) is 0 Å². The summed E-state index contributed by atoms with van der Waals surface area (Å²) >= 11 is 0. The molecule has 0 aliphatic carbocycles. The van der Waals surface area contributed by atoms with E-state index in [1.807, 2.05) is 6.07 Å². The third-order valence-electron chi connectivity index (χ3n) is 2.35. The van der Waals surface area contributed by atoms with Crippen molar-refractivity contribution in [3.8, 4) is 5.75 Å². The van der Waals surface area contributed by atoms with Crippen molar-refractivity contribution in [1.29, 1.82) is 0 Å². The summed E-state index contributed by atoms with van der Waals surface area (Å²) in [7, 11) is 0. The summed E-state index contributed by atoms with van der Waals surface area (Å²) in [5.74, 6) is 5.31. The molecule has 1 heterocycles. The molecular formula is C10H12FNO2. The van der Waals surface area contributed by atoms with Crippen molar-refractivity contribution in [1.82, 2.24) is 0 Å². The molecule has 76 valence electrons. The predicted molar refractivity (Wildman–Crippen MR) is 49.4 cm³/mol. The monoisotopic (exact) mass is 197 g/mol. The van der Waals surface area contributed by atoms with Gasteiger partial charge in [-0.1, -0.05) is 0 Å². The molecule has 0 radical (unpaired) electrons. The number of benzene rings is 1. The lowest BCUT2D eigenvalue weighted by molar-refractivity contribution is 0.140. The molecule has 0 fully saturated rings. The molecule has 0 spiro atoms. The van der Waals surface area contributed by atoms with Crippen molar-refractivity contribution in [2.75, 3.05) is 13.2 Å². The van der Waals surface area contributed by atoms with E-state index in [0.717, 1.165) is 12.0 Å². The van der Waals surface area contributed by atoms with Crippen molar-refractivity contribution in [3.63, 3.8) is 0 Å². The number of hydrogen-bond acceptors (Lipinski definition) is 3. The number of ether oxygens (including phenoxy) is 1. The Morgan fingerprint density at radius 1 is 1.50 bits per heavy atom. The first-order chi connectivity index (χ1) is 6.81. The molecule has 0 aromatic heterocycles. The number of fused-ring (bicyclic) bond motifs is 1. The van der Waals surface area contributed by atoms with E-state index in [0.29, 0.717) is 30.9 Å². The summed E-state index contributed by atoms with van der Waals surface area (Å²) in [6.45, 7) is 0.974. The average molecular weight is 197 g/mol. The highest BCUT2D eigenvalue weighted by Gasteiger charge is 2.15. The maximum atomic E-state index is 13.4. The zero-order valence-electron chi connectivity index (χ0n) is 7.75. The summed E-state index contributed by atoms with van der Waals surface area (Å²) in [5, 5.41) is 0. The molecule has 0 amide bonds. The van der Waals surface area contributed by atoms with Crippen LogP contribution in [0.1, 0.15) is 11.1 Å². The van der Waals surface area contributed by atoms with Crippen LogP contribution in [0.5, 0.6) is 5.75 Å². The van der Waals surface area contributed by atoms with E-state index >= 15 is 0 Å². The minimum atomic E-state index is -0.247. The molecule has 0 atom stereocenters. The van der Waals surface area contributed by atoms with Gasteiger partial charge in [0.2, 0.25) is 0 Å². The Balaban J connectivity index is 2.23. The van der Waals surface area contributed by atoms with E-state index < -0.39 is 0 Å². The Morgan fingerprint density at radius 2 is 2.36 bits per heavy atom. The van der Waals surface area contributed by atoms with Gasteiger partial charge < -0.3 is 9.57 Å². The molecule has 14 heavy (non-hydrogen) atoms. The van der Waals surface area contributed by atoms with Crippen LogP contribution in [0.2, 0.25) is 0 Å². The van der Waals surface area contributed by atoms with Gasteiger partial charge in [0.15, 0.2) is 0 Å². The molecule has 0 saturated carbocycles. The average Bonchev–Trinajstić information content (AvgIpc) is 2.61. The Hall–Kier alpha value is -1.13. The summed E-state index contributed by atoms with van der Waals surface area (Å²) in [6.07, 6.45) is 1.35. The van der Waals surface area contributed by atoms with E-state index in [-0.39, 0.29) is 5.82 Å². The summed E-state index contributed by atoms with van der Waals surface area (Å²) in [5.41, 5.74) is 1.71. The van der Waals surface area contributed by atoms with E-state index in [2.05, 4.69) is 4.84 Å². The highest BCUT2D eigenvalue weighted by atomic mass is 19.1. The molecule has 1 aliphatic rings. The van der Waals surface area contributed by atoms with Gasteiger partial charge in [0.1, 0.15) is 11.6 Å². The highest BCUT2D eigenvalue weighted by Crippen LogP contribution is 2.28. The lowest BCUT2D eigenvalue weighted by Gasteiger charge is -2.05. The predicted octanol–water partition coefficient (Wildman–Crippen LogP) is 1.19. The van der Waals surface area contributed by atoms with Crippen molar-refractivity contribution < 1.29 is 14.0 Å². The van der Waals surface area contributed by atoms with Crippen LogP contribution >= 0.6 is 0 Å². The number of rotatable bonds is 3. The van der Waals surface area contributed by atoms with E-state index in [9.17, 15) is 4.39 Å². The van der Waals surface area contributed by atoms with Gasteiger partial charge >= 0.3 is 0 Å². The maximum Gasteiger partial charge on any atom is 0.130 e. The topological polar surface area (TPSA) is 44.5 Å². The Bertz CT molecular complexity index is 341. The summed E-state index contributed by atoms with van der Waals surface area (Å²) < 4.78 is 18.6. The molecular weight excluding hydrogens is 185 g/mol. The first-order valence-electron chi connectivity index (χ1n) is 4.57. The number of hydrogen-bond donors (Lipinski definition) is 1. The molecule has 0 saturated heterocycles. The molecule has 3 nitrogen and oxygen atoms in total. The van der Waals surface area contributed by atoms with Crippen LogP contribution in [0.4, 0.5) is 4.39 Å². The fraction of sp³-hybridized carbons (Fsp3) is 0.400. The largest absolute Gasteiger partial charge is 0.493 e. The van der Waals surface area contributed by atoms with E-state index in [1.165, 1.54) is 6.07 Å². The van der Waals surface area contributed by atoms with Crippen LogP contribution in [0.3, 0.4) is 0 Å². The standard InChI is InChI=1S/C10H12FNO2/c11-9-6-10-8(1-3-13-10)5-7(9)2-4-14-12/h5-6H,1-4,12H2. The smallest absolute Gasteiger partial charge is 0.130 e. The second kappa shape index (κ2) is 3.94. The minimum Gasteiger partial charge on any atom is -0.493 e. The fourth-order valence-electron chi connectivity index (χ4n) is 1.61. The van der Waals surface area contributed by atoms with Crippen molar-refractivity contribution >= 4 is 0 Å². The van der Waals surface area contributed by atoms with Crippen LogP contribution in [-0.4, -0.2) is 13.2 Å². The number of nitrogens with two attached hydrogens (primary N) is 1. The Morgan fingerprint density at radius 3 is 3.14 bits per heavy atom. The molecule has 0 bridgehead atoms.